The van der Waals surface area contributed by atoms with Gasteiger partial charge in [0.2, 0.25) is 0 Å². The zero-order chi connectivity index (χ0) is 23.6. The maximum absolute atomic E-state index is 13.3. The van der Waals surface area contributed by atoms with E-state index >= 15 is 0 Å². The Labute approximate surface area is 195 Å². The molecule has 0 saturated heterocycles. The van der Waals surface area contributed by atoms with Crippen LogP contribution < -0.4 is 0 Å². The van der Waals surface area contributed by atoms with Crippen molar-refractivity contribution in [1.29, 1.82) is 0 Å². The number of fused-ring (bicyclic) bond motifs is 5. The molecule has 4 rings (SSSR count). The van der Waals surface area contributed by atoms with Crippen LogP contribution in [-0.4, -0.2) is 39.4 Å². The molecule has 0 aromatic heterocycles. The van der Waals surface area contributed by atoms with Gasteiger partial charge in [-0.2, -0.15) is 0 Å². The minimum absolute atomic E-state index is 0.0440. The molecule has 0 bridgehead atoms. The van der Waals surface area contributed by atoms with Crippen LogP contribution in [0.25, 0.3) is 0 Å². The highest BCUT2D eigenvalue weighted by atomic mass is 16.3. The summed E-state index contributed by atoms with van der Waals surface area (Å²) in [5, 5.41) is 32.2. The molecular weight excluding hydrogens is 400 g/mol. The molecule has 4 saturated carbocycles. The Morgan fingerprint density at radius 1 is 0.875 bits per heavy atom. The minimum atomic E-state index is -0.694. The summed E-state index contributed by atoms with van der Waals surface area (Å²) in [6, 6.07) is 0. The molecule has 12 atom stereocenters. The van der Waals surface area contributed by atoms with Gasteiger partial charge in [0.25, 0.3) is 0 Å². The van der Waals surface area contributed by atoms with E-state index in [2.05, 4.69) is 34.6 Å². The second-order valence-electron chi connectivity index (χ2n) is 13.2. The van der Waals surface area contributed by atoms with Crippen LogP contribution in [0.1, 0.15) is 92.9 Å². The molecule has 32 heavy (non-hydrogen) atoms. The van der Waals surface area contributed by atoms with Gasteiger partial charge in [0.1, 0.15) is 5.78 Å². The maximum atomic E-state index is 13.3. The van der Waals surface area contributed by atoms with E-state index in [1.165, 1.54) is 0 Å². The lowest BCUT2D eigenvalue weighted by atomic mass is 9.44. The van der Waals surface area contributed by atoms with Gasteiger partial charge >= 0.3 is 0 Å². The summed E-state index contributed by atoms with van der Waals surface area (Å²) >= 11 is 0. The molecule has 0 aromatic carbocycles. The van der Waals surface area contributed by atoms with Crippen molar-refractivity contribution in [1.82, 2.24) is 0 Å². The molecule has 0 unspecified atom stereocenters. The van der Waals surface area contributed by atoms with Gasteiger partial charge in [-0.05, 0) is 97.2 Å². The summed E-state index contributed by atoms with van der Waals surface area (Å²) in [7, 11) is 0. The highest BCUT2D eigenvalue weighted by molar-refractivity contribution is 5.83. The fraction of sp³-hybridized carbons (Fsp3) is 0.964. The molecule has 184 valence electrons. The van der Waals surface area contributed by atoms with E-state index in [9.17, 15) is 20.1 Å². The zero-order valence-corrected chi connectivity index (χ0v) is 21.3. The van der Waals surface area contributed by atoms with E-state index in [1.54, 1.807) is 0 Å². The molecule has 4 fully saturated rings. The van der Waals surface area contributed by atoms with Crippen LogP contribution in [0.4, 0.5) is 0 Å². The van der Waals surface area contributed by atoms with Gasteiger partial charge in [-0.3, -0.25) is 4.79 Å². The van der Waals surface area contributed by atoms with Crippen LogP contribution in [0, 0.1) is 58.2 Å². The van der Waals surface area contributed by atoms with Crippen molar-refractivity contribution < 1.29 is 20.1 Å². The van der Waals surface area contributed by atoms with Gasteiger partial charge in [0.05, 0.1) is 18.3 Å². The standard InChI is InChI=1S/C28H48O4/c1-15(2)16(3)25(31)26(32)17(4)20-7-8-21-19-14-24(30)23-13-18(29)9-11-28(23,6)22(19)10-12-27(20,21)5/h15-23,25-26,29,31-32H,7-14H2,1-6H3/t16-,17+,18-,19+,20-,21+,22+,23-,25-,26-,27+,28-/m1/s1. The SMILES string of the molecule is CC(C)[C@@H](C)[C@@H](O)[C@H](O)[C@@H](C)[C@H]1CC[C@H]2[C@@H]3CC(=O)[C@H]4C[C@H](O)CC[C@]4(C)[C@H]3CC[C@@]12C. The monoisotopic (exact) mass is 448 g/mol. The molecule has 0 amide bonds. The Bertz CT molecular complexity index is 706. The van der Waals surface area contributed by atoms with Crippen molar-refractivity contribution in [2.45, 2.75) is 111 Å². The van der Waals surface area contributed by atoms with Gasteiger partial charge in [-0.1, -0.05) is 41.5 Å². The second kappa shape index (κ2) is 8.64. The molecule has 4 aliphatic carbocycles. The summed E-state index contributed by atoms with van der Waals surface area (Å²) < 4.78 is 0. The normalized spacial score (nSPS) is 47.9. The van der Waals surface area contributed by atoms with E-state index in [0.717, 1.165) is 38.5 Å². The Kier molecular flexibility index (Phi) is 6.66. The minimum Gasteiger partial charge on any atom is -0.393 e. The molecule has 0 aromatic rings. The smallest absolute Gasteiger partial charge is 0.136 e. The van der Waals surface area contributed by atoms with Gasteiger partial charge in [-0.25, -0.2) is 0 Å². The van der Waals surface area contributed by atoms with E-state index < -0.39 is 12.2 Å². The molecule has 0 spiro atoms. The summed E-state index contributed by atoms with van der Waals surface area (Å²) in [5.74, 6) is 2.88. The van der Waals surface area contributed by atoms with Crippen molar-refractivity contribution in [3.63, 3.8) is 0 Å². The highest BCUT2D eigenvalue weighted by Crippen LogP contribution is 2.67. The van der Waals surface area contributed by atoms with E-state index in [4.69, 9.17) is 0 Å². The highest BCUT2D eigenvalue weighted by Gasteiger charge is 2.63. The number of carbonyl (C=O) groups is 1. The first-order valence-corrected chi connectivity index (χ1v) is 13.5. The maximum Gasteiger partial charge on any atom is 0.136 e. The predicted molar refractivity (Wildman–Crippen MR) is 127 cm³/mol. The number of rotatable bonds is 5. The van der Waals surface area contributed by atoms with Crippen LogP contribution in [0.2, 0.25) is 0 Å². The number of hydrogen-bond acceptors (Lipinski definition) is 4. The van der Waals surface area contributed by atoms with E-state index in [-0.39, 0.29) is 34.7 Å². The number of ketones is 1. The Morgan fingerprint density at radius 2 is 1.50 bits per heavy atom. The van der Waals surface area contributed by atoms with Crippen molar-refractivity contribution in [2.24, 2.45) is 58.2 Å². The Balaban J connectivity index is 1.54. The molecule has 3 N–H and O–H groups in total. The third-order valence-electron chi connectivity index (χ3n) is 11.6. The number of aliphatic hydroxyl groups excluding tert-OH is 3. The molecular formula is C28H48O4. The van der Waals surface area contributed by atoms with E-state index in [1.807, 2.05) is 6.92 Å². The molecule has 4 heteroatoms. The first-order valence-electron chi connectivity index (χ1n) is 13.5. The summed E-state index contributed by atoms with van der Waals surface area (Å²) in [4.78, 5) is 13.3. The third kappa shape index (κ3) is 3.71. The first kappa shape index (κ1) is 24.7. The van der Waals surface area contributed by atoms with Gasteiger partial charge in [-0.15, -0.1) is 0 Å². The summed E-state index contributed by atoms with van der Waals surface area (Å²) in [6.07, 6.45) is 6.05. The fourth-order valence-electron chi connectivity index (χ4n) is 9.18. The quantitative estimate of drug-likeness (QED) is 0.563. The summed E-state index contributed by atoms with van der Waals surface area (Å²) in [6.45, 7) is 13.2. The van der Waals surface area contributed by atoms with Crippen LogP contribution in [-0.2, 0) is 4.79 Å². The lowest BCUT2D eigenvalue weighted by molar-refractivity contribution is -0.161. The number of aliphatic hydroxyl groups is 3. The molecule has 0 aliphatic heterocycles. The lowest BCUT2D eigenvalue weighted by Crippen LogP contribution is -2.57. The van der Waals surface area contributed by atoms with Crippen LogP contribution in [0.3, 0.4) is 0 Å². The van der Waals surface area contributed by atoms with Crippen molar-refractivity contribution >= 4 is 5.78 Å². The van der Waals surface area contributed by atoms with Crippen molar-refractivity contribution in [3.05, 3.63) is 0 Å². The van der Waals surface area contributed by atoms with Gasteiger partial charge in [0.15, 0.2) is 0 Å². The first-order chi connectivity index (χ1) is 14.9. The molecule has 0 heterocycles. The van der Waals surface area contributed by atoms with Gasteiger partial charge in [0, 0.05) is 12.3 Å². The van der Waals surface area contributed by atoms with Crippen LogP contribution >= 0.6 is 0 Å². The number of hydrogen-bond donors (Lipinski definition) is 3. The second-order valence-corrected chi connectivity index (χ2v) is 13.2. The average Bonchev–Trinajstić information content (AvgIpc) is 3.10. The predicted octanol–water partition coefficient (Wildman–Crippen LogP) is 4.84. The summed E-state index contributed by atoms with van der Waals surface area (Å²) in [5.41, 5.74) is 0.187. The Morgan fingerprint density at radius 3 is 2.16 bits per heavy atom. The topological polar surface area (TPSA) is 77.8 Å². The largest absolute Gasteiger partial charge is 0.393 e. The van der Waals surface area contributed by atoms with Crippen LogP contribution in [0.15, 0.2) is 0 Å². The van der Waals surface area contributed by atoms with Crippen LogP contribution in [0.5, 0.6) is 0 Å². The van der Waals surface area contributed by atoms with Gasteiger partial charge < -0.3 is 15.3 Å². The van der Waals surface area contributed by atoms with E-state index in [0.29, 0.717) is 48.2 Å². The van der Waals surface area contributed by atoms with Crippen molar-refractivity contribution in [2.75, 3.05) is 0 Å². The number of carbonyl (C=O) groups excluding carboxylic acids is 1. The number of Topliss-reactive ketones (excluding diaryl/α,β-unsaturated/α-hetero) is 1. The zero-order valence-electron chi connectivity index (χ0n) is 21.3. The Hall–Kier alpha value is -0.450. The lowest BCUT2D eigenvalue weighted by Gasteiger charge is -2.60. The molecule has 4 aliphatic rings. The van der Waals surface area contributed by atoms with Crippen molar-refractivity contribution in [3.8, 4) is 0 Å². The molecule has 4 nitrogen and oxygen atoms in total. The molecule has 0 radical (unpaired) electrons. The third-order valence-corrected chi connectivity index (χ3v) is 11.6. The average molecular weight is 449 g/mol. The fourth-order valence-corrected chi connectivity index (χ4v) is 9.18.